The van der Waals surface area contributed by atoms with E-state index in [-0.39, 0.29) is 6.10 Å². The van der Waals surface area contributed by atoms with Gasteiger partial charge in [-0.05, 0) is 24.6 Å². The molecule has 0 bridgehead atoms. The number of halogens is 1. The average molecular weight is 225 g/mol. The van der Waals surface area contributed by atoms with E-state index in [1.165, 1.54) is 0 Å². The first-order chi connectivity index (χ1) is 7.15. The van der Waals surface area contributed by atoms with Gasteiger partial charge < -0.3 is 10.0 Å². The molecule has 3 nitrogen and oxygen atoms in total. The zero-order valence-corrected chi connectivity index (χ0v) is 9.28. The van der Waals surface area contributed by atoms with Crippen molar-refractivity contribution in [3.05, 3.63) is 34.7 Å². The summed E-state index contributed by atoms with van der Waals surface area (Å²) in [6, 6.07) is 3.77. The first-order valence-corrected chi connectivity index (χ1v) is 5.28. The van der Waals surface area contributed by atoms with Gasteiger partial charge in [0.2, 0.25) is 0 Å². The third-order valence-corrected chi connectivity index (χ3v) is 2.50. The van der Waals surface area contributed by atoms with Crippen LogP contribution in [0.2, 0.25) is 5.15 Å². The molecule has 0 aromatic carbocycles. The van der Waals surface area contributed by atoms with E-state index >= 15 is 0 Å². The van der Waals surface area contributed by atoms with Gasteiger partial charge in [-0.1, -0.05) is 17.7 Å². The van der Waals surface area contributed by atoms with Crippen LogP contribution in [0.15, 0.2) is 18.3 Å². The molecule has 15 heavy (non-hydrogen) atoms. The van der Waals surface area contributed by atoms with E-state index < -0.39 is 0 Å². The Hall–Kier alpha value is -1.06. The molecule has 1 aliphatic rings. The van der Waals surface area contributed by atoms with Gasteiger partial charge in [-0.15, -0.1) is 0 Å². The number of nitrogens with zero attached hydrogens (tertiary/aromatic N) is 2. The van der Waals surface area contributed by atoms with Gasteiger partial charge in [-0.2, -0.15) is 0 Å². The molecule has 1 aromatic rings. The highest BCUT2D eigenvalue weighted by Gasteiger charge is 2.12. The van der Waals surface area contributed by atoms with Crippen LogP contribution in [0.1, 0.15) is 18.2 Å². The molecule has 0 radical (unpaired) electrons. The number of aliphatic hydroxyl groups excluding tert-OH is 1. The quantitative estimate of drug-likeness (QED) is 0.780. The van der Waals surface area contributed by atoms with Crippen LogP contribution < -0.4 is 0 Å². The lowest BCUT2D eigenvalue weighted by atomic mass is 10.1. The molecule has 2 heterocycles. The summed E-state index contributed by atoms with van der Waals surface area (Å²) in [5.74, 6) is 0. The predicted molar refractivity (Wildman–Crippen MR) is 60.4 cm³/mol. The van der Waals surface area contributed by atoms with Crippen molar-refractivity contribution in [2.75, 3.05) is 6.54 Å². The fourth-order valence-corrected chi connectivity index (χ4v) is 1.82. The Balaban J connectivity index is 2.17. The van der Waals surface area contributed by atoms with E-state index in [0.29, 0.717) is 11.7 Å². The first kappa shape index (κ1) is 10.5. The highest BCUT2D eigenvalue weighted by Crippen LogP contribution is 2.19. The van der Waals surface area contributed by atoms with E-state index in [0.717, 1.165) is 17.8 Å². The second-order valence-corrected chi connectivity index (χ2v) is 4.16. The molecular formula is C11H13ClN2O. The number of fused-ring (bicyclic) bond motifs is 1. The lowest BCUT2D eigenvalue weighted by Crippen LogP contribution is -2.28. The molecule has 0 saturated carbocycles. The molecule has 4 heteroatoms. The molecule has 1 unspecified atom stereocenters. The molecule has 1 aliphatic heterocycles. The monoisotopic (exact) mass is 224 g/mol. The number of aromatic nitrogens is 1. The average Bonchev–Trinajstić information content (AvgIpc) is 2.17. The third-order valence-electron chi connectivity index (χ3n) is 2.29. The standard InChI is InChI=1S/C11H13ClN2O/c1-8(15)6-14-5-4-10-9(7-14)2-3-11(12)13-10/h2-5,8,15H,6-7H2,1H3. The number of β-amino-alcohol motifs (C(OH)–C–C–N with tert-alkyl or cyclic N) is 1. The van der Waals surface area contributed by atoms with E-state index in [2.05, 4.69) is 9.88 Å². The van der Waals surface area contributed by atoms with Crippen molar-refractivity contribution >= 4 is 17.7 Å². The van der Waals surface area contributed by atoms with Gasteiger partial charge in [0.25, 0.3) is 0 Å². The molecular weight excluding hydrogens is 212 g/mol. The van der Waals surface area contributed by atoms with Crippen molar-refractivity contribution in [1.29, 1.82) is 0 Å². The predicted octanol–water partition coefficient (Wildman–Crippen LogP) is 1.90. The van der Waals surface area contributed by atoms with Gasteiger partial charge in [-0.3, -0.25) is 0 Å². The largest absolute Gasteiger partial charge is 0.392 e. The lowest BCUT2D eigenvalue weighted by Gasteiger charge is -2.25. The van der Waals surface area contributed by atoms with E-state index in [4.69, 9.17) is 11.6 Å². The number of pyridine rings is 1. The Morgan fingerprint density at radius 1 is 1.60 bits per heavy atom. The summed E-state index contributed by atoms with van der Waals surface area (Å²) in [4.78, 5) is 6.27. The molecule has 1 aromatic heterocycles. The van der Waals surface area contributed by atoms with Crippen molar-refractivity contribution in [1.82, 2.24) is 9.88 Å². The zero-order valence-electron chi connectivity index (χ0n) is 8.52. The molecule has 80 valence electrons. The summed E-state index contributed by atoms with van der Waals surface area (Å²) < 4.78 is 0. The number of aliphatic hydroxyl groups is 1. The Morgan fingerprint density at radius 3 is 3.13 bits per heavy atom. The topological polar surface area (TPSA) is 36.4 Å². The van der Waals surface area contributed by atoms with Crippen LogP contribution in [-0.2, 0) is 6.54 Å². The highest BCUT2D eigenvalue weighted by molar-refractivity contribution is 6.29. The van der Waals surface area contributed by atoms with Crippen LogP contribution in [-0.4, -0.2) is 27.6 Å². The summed E-state index contributed by atoms with van der Waals surface area (Å²) in [5, 5.41) is 9.80. The number of hydrogen-bond acceptors (Lipinski definition) is 3. The number of hydrogen-bond donors (Lipinski definition) is 1. The van der Waals surface area contributed by atoms with Gasteiger partial charge in [-0.25, -0.2) is 4.98 Å². The van der Waals surface area contributed by atoms with E-state index in [1.807, 2.05) is 18.3 Å². The van der Waals surface area contributed by atoms with Crippen LogP contribution in [0.25, 0.3) is 6.08 Å². The van der Waals surface area contributed by atoms with Crippen molar-refractivity contribution in [3.63, 3.8) is 0 Å². The van der Waals surface area contributed by atoms with Crippen LogP contribution in [0, 0.1) is 0 Å². The van der Waals surface area contributed by atoms with Crippen LogP contribution >= 0.6 is 11.6 Å². The third kappa shape index (κ3) is 2.49. The van der Waals surface area contributed by atoms with E-state index in [1.54, 1.807) is 13.0 Å². The normalized spacial score (nSPS) is 16.3. The Kier molecular flexibility index (Phi) is 2.93. The number of rotatable bonds is 2. The second kappa shape index (κ2) is 4.21. The fourth-order valence-electron chi connectivity index (χ4n) is 1.67. The van der Waals surface area contributed by atoms with Crippen LogP contribution in [0.5, 0.6) is 0 Å². The maximum absolute atomic E-state index is 9.28. The van der Waals surface area contributed by atoms with Gasteiger partial charge in [0.15, 0.2) is 0 Å². The van der Waals surface area contributed by atoms with Gasteiger partial charge in [0.1, 0.15) is 5.15 Å². The summed E-state index contributed by atoms with van der Waals surface area (Å²) in [6.07, 6.45) is 3.54. The minimum atomic E-state index is -0.323. The summed E-state index contributed by atoms with van der Waals surface area (Å²) in [7, 11) is 0. The molecule has 0 aliphatic carbocycles. The minimum absolute atomic E-state index is 0.323. The molecule has 0 saturated heterocycles. The van der Waals surface area contributed by atoms with Crippen molar-refractivity contribution in [2.24, 2.45) is 0 Å². The highest BCUT2D eigenvalue weighted by atomic mass is 35.5. The Morgan fingerprint density at radius 2 is 2.40 bits per heavy atom. The minimum Gasteiger partial charge on any atom is -0.392 e. The van der Waals surface area contributed by atoms with Gasteiger partial charge in [0.05, 0.1) is 11.8 Å². The van der Waals surface area contributed by atoms with Crippen molar-refractivity contribution in [3.8, 4) is 0 Å². The molecule has 1 N–H and O–H groups in total. The maximum Gasteiger partial charge on any atom is 0.129 e. The smallest absolute Gasteiger partial charge is 0.129 e. The summed E-state index contributed by atoms with van der Waals surface area (Å²) in [5.41, 5.74) is 2.06. The SMILES string of the molecule is CC(O)CN1C=Cc2nc(Cl)ccc2C1. The summed E-state index contributed by atoms with van der Waals surface area (Å²) >= 11 is 5.80. The molecule has 0 spiro atoms. The van der Waals surface area contributed by atoms with E-state index in [9.17, 15) is 5.11 Å². The van der Waals surface area contributed by atoms with Crippen LogP contribution in [0.3, 0.4) is 0 Å². The molecule has 0 fully saturated rings. The van der Waals surface area contributed by atoms with Gasteiger partial charge in [0, 0.05) is 19.3 Å². The molecule has 1 atom stereocenters. The Bertz CT molecular complexity index is 390. The maximum atomic E-state index is 9.28. The lowest BCUT2D eigenvalue weighted by molar-refractivity contribution is 0.148. The molecule has 0 amide bonds. The summed E-state index contributed by atoms with van der Waals surface area (Å²) in [6.45, 7) is 3.20. The molecule has 2 rings (SSSR count). The Labute approximate surface area is 94.0 Å². The van der Waals surface area contributed by atoms with Crippen LogP contribution in [0.4, 0.5) is 0 Å². The zero-order chi connectivity index (χ0) is 10.8. The first-order valence-electron chi connectivity index (χ1n) is 4.91. The van der Waals surface area contributed by atoms with Gasteiger partial charge >= 0.3 is 0 Å². The van der Waals surface area contributed by atoms with Crippen molar-refractivity contribution in [2.45, 2.75) is 19.6 Å². The fraction of sp³-hybridized carbons (Fsp3) is 0.364. The second-order valence-electron chi connectivity index (χ2n) is 3.77. The van der Waals surface area contributed by atoms with Crippen molar-refractivity contribution < 1.29 is 5.11 Å².